The van der Waals surface area contributed by atoms with Crippen LogP contribution in [-0.2, 0) is 6.54 Å². The van der Waals surface area contributed by atoms with Gasteiger partial charge in [-0.15, -0.1) is 0 Å². The first-order chi connectivity index (χ1) is 11.2. The van der Waals surface area contributed by atoms with E-state index in [0.29, 0.717) is 11.7 Å². The zero-order valence-electron chi connectivity index (χ0n) is 13.5. The van der Waals surface area contributed by atoms with E-state index in [1.807, 2.05) is 24.3 Å². The maximum Gasteiger partial charge on any atom is 0.241 e. The molecule has 5 nitrogen and oxygen atoms in total. The molecule has 23 heavy (non-hydrogen) atoms. The van der Waals surface area contributed by atoms with Gasteiger partial charge >= 0.3 is 0 Å². The molecule has 1 aliphatic rings. The Kier molecular flexibility index (Phi) is 5.80. The summed E-state index contributed by atoms with van der Waals surface area (Å²) in [4.78, 5) is 6.94. The van der Waals surface area contributed by atoms with Gasteiger partial charge in [0.05, 0.1) is 6.54 Å². The lowest BCUT2D eigenvalue weighted by atomic mass is 9.97. The summed E-state index contributed by atoms with van der Waals surface area (Å²) in [5.41, 5.74) is 0.971. The topological polar surface area (TPSA) is 54.2 Å². The number of halogens is 1. The van der Waals surface area contributed by atoms with Gasteiger partial charge in [-0.25, -0.2) is 0 Å². The SMILES string of the molecule is CCNCC1CCN(Cc2nc(-c3cccc(Br)c3)no2)CC1. The van der Waals surface area contributed by atoms with Crippen molar-refractivity contribution < 1.29 is 4.52 Å². The van der Waals surface area contributed by atoms with Crippen molar-refractivity contribution in [2.24, 2.45) is 5.92 Å². The van der Waals surface area contributed by atoms with Gasteiger partial charge in [0.2, 0.25) is 11.7 Å². The van der Waals surface area contributed by atoms with Crippen LogP contribution in [0.1, 0.15) is 25.7 Å². The summed E-state index contributed by atoms with van der Waals surface area (Å²) < 4.78 is 6.44. The highest BCUT2D eigenvalue weighted by atomic mass is 79.9. The summed E-state index contributed by atoms with van der Waals surface area (Å²) >= 11 is 3.47. The second-order valence-corrected chi connectivity index (χ2v) is 6.96. The average Bonchev–Trinajstić information content (AvgIpc) is 3.03. The van der Waals surface area contributed by atoms with Gasteiger partial charge in [0.25, 0.3) is 0 Å². The summed E-state index contributed by atoms with van der Waals surface area (Å²) in [7, 11) is 0. The predicted molar refractivity (Wildman–Crippen MR) is 94.0 cm³/mol. The van der Waals surface area contributed by atoms with E-state index in [4.69, 9.17) is 4.52 Å². The first kappa shape index (κ1) is 16.6. The third kappa shape index (κ3) is 4.62. The fourth-order valence-corrected chi connectivity index (χ4v) is 3.35. The Morgan fingerprint density at radius 2 is 2.17 bits per heavy atom. The van der Waals surface area contributed by atoms with Crippen LogP contribution in [0.2, 0.25) is 0 Å². The van der Waals surface area contributed by atoms with Gasteiger partial charge in [-0.3, -0.25) is 4.90 Å². The van der Waals surface area contributed by atoms with Gasteiger partial charge in [-0.2, -0.15) is 4.98 Å². The van der Waals surface area contributed by atoms with Gasteiger partial charge in [-0.05, 0) is 57.1 Å². The number of nitrogens with one attached hydrogen (secondary N) is 1. The number of piperidine rings is 1. The maximum absolute atomic E-state index is 5.42. The maximum atomic E-state index is 5.42. The lowest BCUT2D eigenvalue weighted by Crippen LogP contribution is -2.36. The van der Waals surface area contributed by atoms with E-state index in [-0.39, 0.29) is 0 Å². The van der Waals surface area contributed by atoms with E-state index in [1.165, 1.54) is 12.8 Å². The van der Waals surface area contributed by atoms with Crippen LogP contribution in [0.3, 0.4) is 0 Å². The Morgan fingerprint density at radius 3 is 2.91 bits per heavy atom. The molecule has 1 saturated heterocycles. The second-order valence-electron chi connectivity index (χ2n) is 6.05. The Hall–Kier alpha value is -1.24. The average molecular weight is 379 g/mol. The van der Waals surface area contributed by atoms with Crippen LogP contribution in [0.15, 0.2) is 33.3 Å². The van der Waals surface area contributed by atoms with Crippen molar-refractivity contribution in [1.29, 1.82) is 0 Å². The lowest BCUT2D eigenvalue weighted by Gasteiger charge is -2.30. The molecule has 124 valence electrons. The first-order valence-corrected chi connectivity index (χ1v) is 9.05. The van der Waals surface area contributed by atoms with Gasteiger partial charge in [0.15, 0.2) is 0 Å². The van der Waals surface area contributed by atoms with E-state index in [2.05, 4.69) is 43.2 Å². The standard InChI is InChI=1S/C17H23BrN4O/c1-2-19-11-13-6-8-22(9-7-13)12-16-20-17(21-23-16)14-4-3-5-15(18)10-14/h3-5,10,13,19H,2,6-9,11-12H2,1H3. The van der Waals surface area contributed by atoms with Crippen molar-refractivity contribution in [3.05, 3.63) is 34.6 Å². The molecule has 1 fully saturated rings. The van der Waals surface area contributed by atoms with Crippen LogP contribution in [0.4, 0.5) is 0 Å². The van der Waals surface area contributed by atoms with E-state index < -0.39 is 0 Å². The highest BCUT2D eigenvalue weighted by Crippen LogP contribution is 2.22. The molecule has 6 heteroatoms. The number of benzene rings is 1. The molecule has 0 unspecified atom stereocenters. The normalized spacial score (nSPS) is 16.8. The van der Waals surface area contributed by atoms with Crippen molar-refractivity contribution in [3.8, 4) is 11.4 Å². The molecule has 2 aromatic rings. The minimum absolute atomic E-state index is 0.656. The third-order valence-electron chi connectivity index (χ3n) is 4.30. The predicted octanol–water partition coefficient (Wildman–Crippen LogP) is 3.32. The molecule has 0 bridgehead atoms. The monoisotopic (exact) mass is 378 g/mol. The highest BCUT2D eigenvalue weighted by molar-refractivity contribution is 9.10. The van der Waals surface area contributed by atoms with E-state index in [1.54, 1.807) is 0 Å². The fourth-order valence-electron chi connectivity index (χ4n) is 2.95. The largest absolute Gasteiger partial charge is 0.338 e. The van der Waals surface area contributed by atoms with Crippen LogP contribution in [-0.4, -0.2) is 41.2 Å². The van der Waals surface area contributed by atoms with Gasteiger partial charge in [0, 0.05) is 10.0 Å². The molecule has 1 aromatic heterocycles. The Bertz CT molecular complexity index is 623. The van der Waals surface area contributed by atoms with Crippen molar-refractivity contribution in [2.45, 2.75) is 26.3 Å². The van der Waals surface area contributed by atoms with E-state index >= 15 is 0 Å². The molecule has 0 atom stereocenters. The van der Waals surface area contributed by atoms with Crippen LogP contribution in [0.25, 0.3) is 11.4 Å². The van der Waals surface area contributed by atoms with Crippen LogP contribution >= 0.6 is 15.9 Å². The zero-order chi connectivity index (χ0) is 16.1. The van der Waals surface area contributed by atoms with Crippen molar-refractivity contribution in [1.82, 2.24) is 20.4 Å². The molecular weight excluding hydrogens is 356 g/mol. The molecule has 0 radical (unpaired) electrons. The summed E-state index contributed by atoms with van der Waals surface area (Å²) in [6.07, 6.45) is 2.47. The quantitative estimate of drug-likeness (QED) is 0.835. The van der Waals surface area contributed by atoms with E-state index in [9.17, 15) is 0 Å². The molecule has 0 aliphatic carbocycles. The Morgan fingerprint density at radius 1 is 1.35 bits per heavy atom. The Balaban J connectivity index is 1.54. The van der Waals surface area contributed by atoms with Gasteiger partial charge in [-0.1, -0.05) is 40.1 Å². The van der Waals surface area contributed by atoms with Crippen molar-refractivity contribution in [2.75, 3.05) is 26.2 Å². The van der Waals surface area contributed by atoms with Crippen LogP contribution < -0.4 is 5.32 Å². The molecule has 2 heterocycles. The number of hydrogen-bond donors (Lipinski definition) is 1. The number of likely N-dealkylation sites (tertiary alicyclic amines) is 1. The number of rotatable bonds is 6. The molecular formula is C17H23BrN4O. The number of aromatic nitrogens is 2. The van der Waals surface area contributed by atoms with Crippen LogP contribution in [0.5, 0.6) is 0 Å². The minimum Gasteiger partial charge on any atom is -0.338 e. The summed E-state index contributed by atoms with van der Waals surface area (Å²) in [5.74, 6) is 2.15. The van der Waals surface area contributed by atoms with Crippen molar-refractivity contribution in [3.63, 3.8) is 0 Å². The first-order valence-electron chi connectivity index (χ1n) is 8.26. The van der Waals surface area contributed by atoms with Crippen molar-refractivity contribution >= 4 is 15.9 Å². The summed E-state index contributed by atoms with van der Waals surface area (Å²) in [5, 5.41) is 7.55. The van der Waals surface area contributed by atoms with Gasteiger partial charge < -0.3 is 9.84 Å². The molecule has 1 aliphatic heterocycles. The number of hydrogen-bond acceptors (Lipinski definition) is 5. The fraction of sp³-hybridized carbons (Fsp3) is 0.529. The zero-order valence-corrected chi connectivity index (χ0v) is 15.1. The molecule has 3 rings (SSSR count). The lowest BCUT2D eigenvalue weighted by molar-refractivity contribution is 0.158. The third-order valence-corrected chi connectivity index (χ3v) is 4.79. The minimum atomic E-state index is 0.656. The smallest absolute Gasteiger partial charge is 0.241 e. The molecule has 1 aromatic carbocycles. The van der Waals surface area contributed by atoms with Gasteiger partial charge in [0.1, 0.15) is 0 Å². The number of nitrogens with zero attached hydrogens (tertiary/aromatic N) is 3. The summed E-state index contributed by atoms with van der Waals surface area (Å²) in [6.45, 7) is 7.30. The molecule has 0 amide bonds. The molecule has 0 saturated carbocycles. The molecule has 1 N–H and O–H groups in total. The Labute approximate surface area is 145 Å². The van der Waals surface area contributed by atoms with Crippen LogP contribution in [0, 0.1) is 5.92 Å². The molecule has 0 spiro atoms. The highest BCUT2D eigenvalue weighted by Gasteiger charge is 2.20. The van der Waals surface area contributed by atoms with E-state index in [0.717, 1.165) is 48.7 Å². The summed E-state index contributed by atoms with van der Waals surface area (Å²) in [6, 6.07) is 7.96. The second kappa shape index (κ2) is 8.04.